The molecule has 46 heavy (non-hydrogen) atoms. The van der Waals surface area contributed by atoms with Crippen LogP contribution in [-0.2, 0) is 32.3 Å². The van der Waals surface area contributed by atoms with E-state index in [2.05, 4.69) is 5.32 Å². The first-order valence-electron chi connectivity index (χ1n) is 15.3. The fraction of sp³-hybridized carbons (Fsp3) is 0.412. The van der Waals surface area contributed by atoms with Crippen molar-refractivity contribution < 1.29 is 31.2 Å². The highest BCUT2D eigenvalue weighted by atomic mass is 35.5. The van der Waals surface area contributed by atoms with E-state index in [1.54, 1.807) is 26.0 Å². The van der Waals surface area contributed by atoms with Crippen molar-refractivity contribution in [2.24, 2.45) is 0 Å². The molecule has 1 N–H and O–H groups in total. The van der Waals surface area contributed by atoms with Crippen LogP contribution in [-0.4, -0.2) is 43.8 Å². The molecule has 1 fully saturated rings. The molecule has 4 rings (SSSR count). The number of carbonyl (C=O) groups excluding carboxylic acids is 2. The number of nitrogens with one attached hydrogen (secondary N) is 1. The molecule has 1 aliphatic rings. The molecule has 7 nitrogen and oxygen atoms in total. The van der Waals surface area contributed by atoms with Gasteiger partial charge >= 0.3 is 6.18 Å². The molecular weight excluding hydrogens is 639 g/mol. The minimum Gasteiger partial charge on any atom is -0.352 e. The molecule has 3 aromatic carbocycles. The van der Waals surface area contributed by atoms with Crippen LogP contribution in [0.15, 0.2) is 71.6 Å². The van der Waals surface area contributed by atoms with Gasteiger partial charge in [-0.05, 0) is 69.0 Å². The number of alkyl halides is 3. The first kappa shape index (κ1) is 35.3. The fourth-order valence-electron chi connectivity index (χ4n) is 5.61. The summed E-state index contributed by atoms with van der Waals surface area (Å²) in [5.41, 5.74) is 0.842. The van der Waals surface area contributed by atoms with Crippen molar-refractivity contribution in [1.29, 1.82) is 0 Å². The van der Waals surface area contributed by atoms with Gasteiger partial charge in [-0.2, -0.15) is 13.2 Å². The van der Waals surface area contributed by atoms with Gasteiger partial charge < -0.3 is 10.2 Å². The molecule has 1 unspecified atom stereocenters. The fourth-order valence-corrected chi connectivity index (χ4v) is 7.24. The van der Waals surface area contributed by atoms with Crippen molar-refractivity contribution in [2.75, 3.05) is 10.8 Å². The van der Waals surface area contributed by atoms with Crippen molar-refractivity contribution in [3.8, 4) is 0 Å². The van der Waals surface area contributed by atoms with Crippen LogP contribution in [0.25, 0.3) is 0 Å². The number of carbonyl (C=O) groups is 2. The predicted octanol–water partition coefficient (Wildman–Crippen LogP) is 7.43. The Balaban J connectivity index is 1.77. The van der Waals surface area contributed by atoms with E-state index in [-0.39, 0.29) is 35.5 Å². The molecule has 12 heteroatoms. The summed E-state index contributed by atoms with van der Waals surface area (Å²) in [6.07, 6.45) is 0.0801. The number of aryl methyl sites for hydroxylation is 2. The van der Waals surface area contributed by atoms with Gasteiger partial charge in [0.05, 0.1) is 21.2 Å². The highest BCUT2D eigenvalue weighted by Crippen LogP contribution is 2.38. The number of benzene rings is 3. The number of hydrogen-bond acceptors (Lipinski definition) is 4. The van der Waals surface area contributed by atoms with E-state index in [4.69, 9.17) is 11.6 Å². The average molecular weight is 678 g/mol. The second-order valence-corrected chi connectivity index (χ2v) is 14.0. The van der Waals surface area contributed by atoms with E-state index in [0.717, 1.165) is 55.4 Å². The molecule has 2 amide bonds. The number of halogens is 4. The molecule has 1 aliphatic carbocycles. The Morgan fingerprint density at radius 1 is 0.935 bits per heavy atom. The van der Waals surface area contributed by atoms with Gasteiger partial charge in [0, 0.05) is 12.6 Å². The second-order valence-electron chi connectivity index (χ2n) is 11.8. The molecule has 0 heterocycles. The first-order valence-corrected chi connectivity index (χ1v) is 17.1. The number of amides is 2. The molecule has 3 aromatic rings. The lowest BCUT2D eigenvalue weighted by molar-refractivity contribution is -0.140. The summed E-state index contributed by atoms with van der Waals surface area (Å²) in [4.78, 5) is 29.0. The van der Waals surface area contributed by atoms with Crippen LogP contribution in [0, 0.1) is 13.8 Å². The van der Waals surface area contributed by atoms with Crippen LogP contribution < -0.4 is 9.62 Å². The SMILES string of the molecule is CCC(C(=O)NC1CCCCC1)N(Cc1ccc(C)cc1)C(=O)CN(c1ccc(Cl)c(C(F)(F)F)c1)S(=O)(=O)c1ccc(C)cc1. The van der Waals surface area contributed by atoms with Crippen LogP contribution >= 0.6 is 11.6 Å². The Morgan fingerprint density at radius 3 is 2.09 bits per heavy atom. The highest BCUT2D eigenvalue weighted by Gasteiger charge is 2.37. The molecule has 0 bridgehead atoms. The molecule has 0 radical (unpaired) electrons. The maximum absolute atomic E-state index is 14.3. The monoisotopic (exact) mass is 677 g/mol. The quantitative estimate of drug-likeness (QED) is 0.229. The Hall–Kier alpha value is -3.57. The van der Waals surface area contributed by atoms with Crippen molar-refractivity contribution >= 4 is 39.1 Å². The molecule has 248 valence electrons. The minimum absolute atomic E-state index is 0.0114. The summed E-state index contributed by atoms with van der Waals surface area (Å²) in [6.45, 7) is 4.57. The molecule has 0 aromatic heterocycles. The lowest BCUT2D eigenvalue weighted by atomic mass is 9.95. The minimum atomic E-state index is -4.88. The Morgan fingerprint density at radius 2 is 1.52 bits per heavy atom. The van der Waals surface area contributed by atoms with E-state index in [9.17, 15) is 31.2 Å². The van der Waals surface area contributed by atoms with Crippen LogP contribution in [0.2, 0.25) is 5.02 Å². The summed E-state index contributed by atoms with van der Waals surface area (Å²) in [5, 5.41) is 2.46. The molecule has 1 atom stereocenters. The van der Waals surface area contributed by atoms with Crippen LogP contribution in [0.4, 0.5) is 18.9 Å². The maximum Gasteiger partial charge on any atom is 0.417 e. The lowest BCUT2D eigenvalue weighted by Gasteiger charge is -2.34. The van der Waals surface area contributed by atoms with E-state index in [1.807, 2.05) is 31.2 Å². The van der Waals surface area contributed by atoms with Gasteiger partial charge in [-0.25, -0.2) is 8.42 Å². The molecule has 0 aliphatic heterocycles. The van der Waals surface area contributed by atoms with Crippen molar-refractivity contribution in [2.45, 2.75) is 89.0 Å². The lowest BCUT2D eigenvalue weighted by Crippen LogP contribution is -2.54. The summed E-state index contributed by atoms with van der Waals surface area (Å²) in [7, 11) is -4.55. The summed E-state index contributed by atoms with van der Waals surface area (Å²) in [6, 6.07) is 14.9. The Kier molecular flexibility index (Phi) is 11.4. The van der Waals surface area contributed by atoms with E-state index in [0.29, 0.717) is 15.9 Å². The third-order valence-electron chi connectivity index (χ3n) is 8.24. The number of hydrogen-bond donors (Lipinski definition) is 1. The second kappa shape index (κ2) is 14.9. The number of rotatable bonds is 11. The molecule has 0 spiro atoms. The van der Waals surface area contributed by atoms with Crippen LogP contribution in [0.5, 0.6) is 0 Å². The summed E-state index contributed by atoms with van der Waals surface area (Å²) < 4.78 is 70.4. The van der Waals surface area contributed by atoms with Crippen LogP contribution in [0.3, 0.4) is 0 Å². The zero-order valence-corrected chi connectivity index (χ0v) is 27.7. The number of nitrogens with zero attached hydrogens (tertiary/aromatic N) is 2. The van der Waals surface area contributed by atoms with Gasteiger partial charge in [0.25, 0.3) is 10.0 Å². The maximum atomic E-state index is 14.3. The van der Waals surface area contributed by atoms with E-state index < -0.39 is 45.3 Å². The first-order chi connectivity index (χ1) is 21.7. The van der Waals surface area contributed by atoms with E-state index >= 15 is 0 Å². The van der Waals surface area contributed by atoms with Gasteiger partial charge in [0.1, 0.15) is 12.6 Å². The van der Waals surface area contributed by atoms with Gasteiger partial charge in [0.15, 0.2) is 0 Å². The molecule has 1 saturated carbocycles. The zero-order valence-electron chi connectivity index (χ0n) is 26.1. The van der Waals surface area contributed by atoms with Gasteiger partial charge in [-0.1, -0.05) is 85.3 Å². The number of sulfonamides is 1. The Labute approximate surface area is 273 Å². The Bertz CT molecular complexity index is 1620. The van der Waals surface area contributed by atoms with Crippen molar-refractivity contribution in [3.63, 3.8) is 0 Å². The molecule has 0 saturated heterocycles. The zero-order chi connectivity index (χ0) is 33.6. The van der Waals surface area contributed by atoms with Crippen LogP contribution in [0.1, 0.15) is 67.7 Å². The average Bonchev–Trinajstić information content (AvgIpc) is 3.01. The predicted molar refractivity (Wildman–Crippen MR) is 173 cm³/mol. The third-order valence-corrected chi connectivity index (χ3v) is 10.4. The highest BCUT2D eigenvalue weighted by molar-refractivity contribution is 7.92. The van der Waals surface area contributed by atoms with Gasteiger partial charge in [-0.3, -0.25) is 13.9 Å². The summed E-state index contributed by atoms with van der Waals surface area (Å²) >= 11 is 5.86. The topological polar surface area (TPSA) is 86.8 Å². The van der Waals surface area contributed by atoms with Crippen molar-refractivity contribution in [1.82, 2.24) is 10.2 Å². The van der Waals surface area contributed by atoms with E-state index in [1.165, 1.54) is 17.0 Å². The molecular formula is C34H39ClF3N3O4S. The normalized spacial score (nSPS) is 14.8. The van der Waals surface area contributed by atoms with Gasteiger partial charge in [0.2, 0.25) is 11.8 Å². The summed E-state index contributed by atoms with van der Waals surface area (Å²) in [5.74, 6) is -1.10. The standard InChI is InChI=1S/C34H39ClF3N3O4S/c1-4-31(33(43)39-26-8-6-5-7-9-26)40(21-25-14-10-23(2)11-15-25)32(42)22-41(46(44,45)28-17-12-24(3)13-18-28)27-16-19-30(35)29(20-27)34(36,37)38/h10-20,26,31H,4-9,21-22H2,1-3H3,(H,39,43). The smallest absolute Gasteiger partial charge is 0.352 e. The van der Waals surface area contributed by atoms with Crippen molar-refractivity contribution in [3.05, 3.63) is 94.0 Å². The number of anilines is 1. The largest absolute Gasteiger partial charge is 0.417 e. The van der Waals surface area contributed by atoms with Gasteiger partial charge in [-0.15, -0.1) is 0 Å². The third kappa shape index (κ3) is 8.61.